The molecular formula is C32H32O3. The van der Waals surface area contributed by atoms with Crippen LogP contribution in [0.1, 0.15) is 43.4 Å². The summed E-state index contributed by atoms with van der Waals surface area (Å²) in [6, 6.07) is 31.0. The first-order valence-electron chi connectivity index (χ1n) is 12.5. The zero-order valence-corrected chi connectivity index (χ0v) is 20.4. The van der Waals surface area contributed by atoms with Crippen LogP contribution in [0.5, 0.6) is 0 Å². The Morgan fingerprint density at radius 3 is 2.00 bits per heavy atom. The predicted octanol–water partition coefficient (Wildman–Crippen LogP) is 6.52. The molecule has 2 fully saturated rings. The van der Waals surface area contributed by atoms with Gasteiger partial charge in [0.05, 0.1) is 0 Å². The molecule has 0 bridgehead atoms. The average molecular weight is 465 g/mol. The molecule has 2 aliphatic carbocycles. The van der Waals surface area contributed by atoms with E-state index >= 15 is 0 Å². The minimum atomic E-state index is -0.706. The van der Waals surface area contributed by atoms with E-state index < -0.39 is 11.4 Å². The molecule has 0 radical (unpaired) electrons. The van der Waals surface area contributed by atoms with Crippen LogP contribution < -0.4 is 0 Å². The van der Waals surface area contributed by atoms with Gasteiger partial charge in [-0.3, -0.25) is 4.79 Å². The predicted molar refractivity (Wildman–Crippen MR) is 138 cm³/mol. The van der Waals surface area contributed by atoms with E-state index in [4.69, 9.17) is 4.74 Å². The monoisotopic (exact) mass is 464 g/mol. The van der Waals surface area contributed by atoms with E-state index in [0.29, 0.717) is 11.8 Å². The molecule has 0 heterocycles. The molecule has 5 rings (SSSR count). The second-order valence-corrected chi connectivity index (χ2v) is 10.5. The van der Waals surface area contributed by atoms with E-state index in [1.54, 1.807) is 6.08 Å². The third-order valence-corrected chi connectivity index (χ3v) is 7.78. The Labute approximate surface area is 207 Å². The third kappa shape index (κ3) is 4.73. The van der Waals surface area contributed by atoms with Crippen LogP contribution in [-0.2, 0) is 26.3 Å². The largest absolute Gasteiger partial charge is 0.458 e. The maximum atomic E-state index is 13.4. The van der Waals surface area contributed by atoms with E-state index in [0.717, 1.165) is 18.4 Å². The fourth-order valence-electron chi connectivity index (χ4n) is 5.68. The highest BCUT2D eigenvalue weighted by atomic mass is 16.5. The molecular weight excluding hydrogens is 432 g/mol. The van der Waals surface area contributed by atoms with E-state index in [2.05, 4.69) is 60.7 Å². The topological polar surface area (TPSA) is 43.4 Å². The van der Waals surface area contributed by atoms with E-state index in [-0.39, 0.29) is 23.7 Å². The lowest BCUT2D eigenvalue weighted by atomic mass is 9.82. The van der Waals surface area contributed by atoms with Gasteiger partial charge in [-0.25, -0.2) is 4.79 Å². The van der Waals surface area contributed by atoms with Gasteiger partial charge >= 0.3 is 5.97 Å². The fourth-order valence-corrected chi connectivity index (χ4v) is 5.68. The second kappa shape index (κ2) is 9.30. The van der Waals surface area contributed by atoms with Crippen molar-refractivity contribution < 1.29 is 14.3 Å². The van der Waals surface area contributed by atoms with Crippen LogP contribution in [0.15, 0.2) is 103 Å². The number of carbonyl (C=O) groups is 2. The molecule has 3 unspecified atom stereocenters. The highest BCUT2D eigenvalue weighted by Crippen LogP contribution is 2.69. The molecule has 3 atom stereocenters. The van der Waals surface area contributed by atoms with Crippen LogP contribution in [0.25, 0.3) is 0 Å². The number of ketones is 1. The van der Waals surface area contributed by atoms with Gasteiger partial charge in [0.1, 0.15) is 12.4 Å². The summed E-state index contributed by atoms with van der Waals surface area (Å²) in [4.78, 5) is 25.7. The number of hydrogen-bond acceptors (Lipinski definition) is 3. The molecule has 0 saturated heterocycles. The van der Waals surface area contributed by atoms with Crippen LogP contribution in [0.2, 0.25) is 0 Å². The molecule has 0 aliphatic heterocycles. The van der Waals surface area contributed by atoms with Crippen molar-refractivity contribution in [2.45, 2.75) is 38.7 Å². The van der Waals surface area contributed by atoms with Crippen molar-refractivity contribution in [3.05, 3.63) is 120 Å². The Bertz CT molecular complexity index is 1170. The summed E-state index contributed by atoms with van der Waals surface area (Å²) in [5.74, 6) is 0.708. The van der Waals surface area contributed by atoms with Gasteiger partial charge < -0.3 is 4.74 Å². The standard InChI is InChI=1S/C32H32O3/c1-31(2,19-18-29(33)35-22-23-12-6-3-7-13-23)30(34)27-20-26(27)28-21-32(28,24-14-8-4-9-15-24)25-16-10-5-11-17-25/h3-19,26-28H,20-22H2,1-2H3/b19-18+. The van der Waals surface area contributed by atoms with Crippen LogP contribution in [0.4, 0.5) is 0 Å². The number of benzene rings is 3. The number of ether oxygens (including phenoxy) is 1. The van der Waals surface area contributed by atoms with Gasteiger partial charge in [-0.1, -0.05) is 97.1 Å². The number of hydrogen-bond donors (Lipinski definition) is 0. The van der Waals surface area contributed by atoms with Gasteiger partial charge in [0.25, 0.3) is 0 Å². The Hall–Kier alpha value is -3.46. The summed E-state index contributed by atoms with van der Waals surface area (Å²) in [5.41, 5.74) is 2.92. The van der Waals surface area contributed by atoms with Crippen molar-refractivity contribution in [2.24, 2.45) is 23.2 Å². The van der Waals surface area contributed by atoms with E-state index in [1.807, 2.05) is 44.2 Å². The van der Waals surface area contributed by atoms with Gasteiger partial charge in [0.2, 0.25) is 0 Å². The lowest BCUT2D eigenvalue weighted by Crippen LogP contribution is -2.25. The molecule has 0 N–H and O–H groups in total. The Morgan fingerprint density at radius 2 is 1.43 bits per heavy atom. The number of carbonyl (C=O) groups excluding carboxylic acids is 2. The van der Waals surface area contributed by atoms with Gasteiger partial charge in [-0.2, -0.15) is 0 Å². The quantitative estimate of drug-likeness (QED) is 0.267. The Kier molecular flexibility index (Phi) is 6.19. The SMILES string of the molecule is CC(C)(/C=C/C(=O)OCc1ccccc1)C(=O)C1CC1C1CC1(c1ccccc1)c1ccccc1. The summed E-state index contributed by atoms with van der Waals surface area (Å²) in [6.45, 7) is 4.03. The van der Waals surface area contributed by atoms with Gasteiger partial charge in [0.15, 0.2) is 0 Å². The highest BCUT2D eigenvalue weighted by Gasteiger charge is 2.66. The normalized spacial score (nSPS) is 22.5. The summed E-state index contributed by atoms with van der Waals surface area (Å²) in [6.07, 6.45) is 5.14. The second-order valence-electron chi connectivity index (χ2n) is 10.5. The highest BCUT2D eigenvalue weighted by molar-refractivity contribution is 5.92. The van der Waals surface area contributed by atoms with Crippen LogP contribution in [-0.4, -0.2) is 11.8 Å². The first kappa shape index (κ1) is 23.3. The molecule has 0 aromatic heterocycles. The molecule has 178 valence electrons. The van der Waals surface area contributed by atoms with Crippen molar-refractivity contribution >= 4 is 11.8 Å². The smallest absolute Gasteiger partial charge is 0.330 e. The number of esters is 1. The maximum Gasteiger partial charge on any atom is 0.330 e. The number of rotatable bonds is 9. The Morgan fingerprint density at radius 1 is 0.886 bits per heavy atom. The average Bonchev–Trinajstić information content (AvgIpc) is 3.81. The minimum Gasteiger partial charge on any atom is -0.458 e. The van der Waals surface area contributed by atoms with Crippen LogP contribution in [0.3, 0.4) is 0 Å². The van der Waals surface area contributed by atoms with Gasteiger partial charge in [-0.15, -0.1) is 0 Å². The first-order chi connectivity index (χ1) is 16.9. The van der Waals surface area contributed by atoms with Crippen LogP contribution in [0, 0.1) is 23.2 Å². The molecule has 0 spiro atoms. The molecule has 3 aromatic carbocycles. The minimum absolute atomic E-state index is 0.00342. The number of Topliss-reactive ketones (excluding diaryl/α,β-unsaturated/α-hetero) is 1. The van der Waals surface area contributed by atoms with Crippen molar-refractivity contribution in [3.8, 4) is 0 Å². The zero-order valence-electron chi connectivity index (χ0n) is 20.4. The summed E-state index contributed by atoms with van der Waals surface area (Å²) in [5, 5.41) is 0. The molecule has 2 saturated carbocycles. The molecule has 3 nitrogen and oxygen atoms in total. The first-order valence-corrected chi connectivity index (χ1v) is 12.5. The summed E-state index contributed by atoms with van der Waals surface area (Å²) < 4.78 is 5.34. The maximum absolute atomic E-state index is 13.4. The molecule has 3 heteroatoms. The Balaban J connectivity index is 1.24. The van der Waals surface area contributed by atoms with Crippen molar-refractivity contribution in [2.75, 3.05) is 0 Å². The summed E-state index contributed by atoms with van der Waals surface area (Å²) >= 11 is 0. The van der Waals surface area contributed by atoms with Crippen molar-refractivity contribution in [3.63, 3.8) is 0 Å². The molecule has 3 aromatic rings. The molecule has 35 heavy (non-hydrogen) atoms. The van der Waals surface area contributed by atoms with E-state index in [1.165, 1.54) is 17.2 Å². The third-order valence-electron chi connectivity index (χ3n) is 7.78. The van der Waals surface area contributed by atoms with E-state index in [9.17, 15) is 9.59 Å². The summed E-state index contributed by atoms with van der Waals surface area (Å²) in [7, 11) is 0. The zero-order chi connectivity index (χ0) is 24.5. The fraction of sp³-hybridized carbons (Fsp3) is 0.312. The molecule has 2 aliphatic rings. The van der Waals surface area contributed by atoms with Crippen LogP contribution >= 0.6 is 0 Å². The van der Waals surface area contributed by atoms with Crippen molar-refractivity contribution in [1.82, 2.24) is 0 Å². The lowest BCUT2D eigenvalue weighted by molar-refractivity contribution is -0.139. The lowest BCUT2D eigenvalue weighted by Gasteiger charge is -2.21. The van der Waals surface area contributed by atoms with Gasteiger partial charge in [0, 0.05) is 22.8 Å². The number of allylic oxidation sites excluding steroid dienone is 1. The molecule has 0 amide bonds. The van der Waals surface area contributed by atoms with Gasteiger partial charge in [-0.05, 0) is 55.2 Å². The van der Waals surface area contributed by atoms with Crippen molar-refractivity contribution in [1.29, 1.82) is 0 Å².